The lowest BCUT2D eigenvalue weighted by atomic mass is 10.2. The second-order valence-corrected chi connectivity index (χ2v) is 8.50. The van der Waals surface area contributed by atoms with E-state index in [1.807, 2.05) is 0 Å². The number of hydrogen-bond donors (Lipinski definition) is 1. The van der Waals surface area contributed by atoms with Gasteiger partial charge >= 0.3 is 0 Å². The quantitative estimate of drug-likeness (QED) is 0.628. The molecule has 0 spiro atoms. The SMILES string of the molecule is Cc1cc(Cl)c(NS(=O)(=O)c2ccc(Br)cc2Br)cc1Cl. The lowest BCUT2D eigenvalue weighted by molar-refractivity contribution is 0.600. The number of sulfonamides is 1. The Labute approximate surface area is 150 Å². The molecule has 2 rings (SSSR count). The third-order valence-electron chi connectivity index (χ3n) is 2.68. The van der Waals surface area contributed by atoms with E-state index < -0.39 is 10.0 Å². The Morgan fingerprint density at radius 3 is 2.33 bits per heavy atom. The zero-order valence-electron chi connectivity index (χ0n) is 10.6. The van der Waals surface area contributed by atoms with Crippen LogP contribution in [0, 0.1) is 6.92 Å². The molecule has 3 nitrogen and oxygen atoms in total. The van der Waals surface area contributed by atoms with Crippen LogP contribution >= 0.6 is 55.1 Å². The van der Waals surface area contributed by atoms with Gasteiger partial charge in [-0.05, 0) is 58.7 Å². The van der Waals surface area contributed by atoms with Crippen molar-refractivity contribution >= 4 is 70.8 Å². The van der Waals surface area contributed by atoms with Crippen LogP contribution < -0.4 is 4.72 Å². The molecule has 0 heterocycles. The molecule has 0 radical (unpaired) electrons. The minimum Gasteiger partial charge on any atom is -0.278 e. The van der Waals surface area contributed by atoms with Crippen molar-refractivity contribution in [2.45, 2.75) is 11.8 Å². The van der Waals surface area contributed by atoms with E-state index in [9.17, 15) is 8.42 Å². The molecule has 0 bridgehead atoms. The van der Waals surface area contributed by atoms with E-state index in [0.29, 0.717) is 9.50 Å². The molecule has 1 N–H and O–H groups in total. The molecular formula is C13H9Br2Cl2NO2S. The van der Waals surface area contributed by atoms with Gasteiger partial charge in [0.15, 0.2) is 0 Å². The van der Waals surface area contributed by atoms with Crippen molar-refractivity contribution in [1.29, 1.82) is 0 Å². The number of halogens is 4. The number of nitrogens with one attached hydrogen (secondary N) is 1. The van der Waals surface area contributed by atoms with Gasteiger partial charge in [-0.25, -0.2) is 8.42 Å². The van der Waals surface area contributed by atoms with Crippen LogP contribution in [-0.4, -0.2) is 8.42 Å². The summed E-state index contributed by atoms with van der Waals surface area (Å²) in [6.45, 7) is 1.79. The minimum absolute atomic E-state index is 0.110. The van der Waals surface area contributed by atoms with E-state index in [0.717, 1.165) is 10.0 Å². The number of rotatable bonds is 3. The average Bonchev–Trinajstić information content (AvgIpc) is 2.35. The van der Waals surface area contributed by atoms with Gasteiger partial charge in [0, 0.05) is 14.0 Å². The molecule has 0 aliphatic rings. The monoisotopic (exact) mass is 471 g/mol. The fraction of sp³-hybridized carbons (Fsp3) is 0.0769. The van der Waals surface area contributed by atoms with E-state index in [2.05, 4.69) is 36.6 Å². The molecule has 112 valence electrons. The van der Waals surface area contributed by atoms with Crippen molar-refractivity contribution in [2.24, 2.45) is 0 Å². The van der Waals surface area contributed by atoms with Crippen LogP contribution in [0.4, 0.5) is 5.69 Å². The molecule has 2 aromatic rings. The second-order valence-electron chi connectivity index (χ2n) is 4.26. The zero-order valence-corrected chi connectivity index (χ0v) is 16.1. The van der Waals surface area contributed by atoms with Crippen LogP contribution in [-0.2, 0) is 10.0 Å². The summed E-state index contributed by atoms with van der Waals surface area (Å²) in [5, 5.41) is 0.723. The topological polar surface area (TPSA) is 46.2 Å². The molecule has 0 aromatic heterocycles. The van der Waals surface area contributed by atoms with Crippen molar-refractivity contribution in [1.82, 2.24) is 0 Å². The summed E-state index contributed by atoms with van der Waals surface area (Å²) in [4.78, 5) is 0.110. The highest BCUT2D eigenvalue weighted by molar-refractivity contribution is 9.11. The van der Waals surface area contributed by atoms with Gasteiger partial charge in [0.25, 0.3) is 10.0 Å². The molecule has 2 aromatic carbocycles. The molecule has 21 heavy (non-hydrogen) atoms. The summed E-state index contributed by atoms with van der Waals surface area (Å²) in [5.74, 6) is 0. The molecule has 0 fully saturated rings. The average molecular weight is 474 g/mol. The van der Waals surface area contributed by atoms with Crippen molar-refractivity contribution < 1.29 is 8.42 Å². The van der Waals surface area contributed by atoms with E-state index >= 15 is 0 Å². The van der Waals surface area contributed by atoms with Crippen LogP contribution in [0.2, 0.25) is 10.0 Å². The maximum absolute atomic E-state index is 12.4. The van der Waals surface area contributed by atoms with Gasteiger partial charge in [0.05, 0.1) is 10.7 Å². The maximum Gasteiger partial charge on any atom is 0.263 e. The standard InChI is InChI=1S/C13H9Br2Cl2NO2S/c1-7-4-11(17)12(6-10(7)16)18-21(19,20)13-3-2-8(14)5-9(13)15/h2-6,18H,1H3. The summed E-state index contributed by atoms with van der Waals surface area (Å²) in [5.41, 5.74) is 1.01. The Morgan fingerprint density at radius 1 is 1.05 bits per heavy atom. The Bertz CT molecular complexity index is 810. The van der Waals surface area contributed by atoms with E-state index in [-0.39, 0.29) is 15.6 Å². The molecule has 0 unspecified atom stereocenters. The Hall–Kier alpha value is -0.270. The summed E-state index contributed by atoms with van der Waals surface area (Å²) in [6.07, 6.45) is 0. The van der Waals surface area contributed by atoms with Crippen LogP contribution in [0.15, 0.2) is 44.2 Å². The van der Waals surface area contributed by atoms with Crippen LogP contribution in [0.25, 0.3) is 0 Å². The van der Waals surface area contributed by atoms with Crippen LogP contribution in [0.1, 0.15) is 5.56 Å². The van der Waals surface area contributed by atoms with Crippen LogP contribution in [0.3, 0.4) is 0 Å². The van der Waals surface area contributed by atoms with E-state index in [1.54, 1.807) is 25.1 Å². The summed E-state index contributed by atoms with van der Waals surface area (Å²) in [6, 6.07) is 7.88. The lowest BCUT2D eigenvalue weighted by Crippen LogP contribution is -2.14. The summed E-state index contributed by atoms with van der Waals surface area (Å²) >= 11 is 18.6. The third-order valence-corrected chi connectivity index (χ3v) is 6.23. The largest absolute Gasteiger partial charge is 0.278 e. The van der Waals surface area contributed by atoms with Crippen molar-refractivity contribution in [3.05, 3.63) is 54.9 Å². The number of benzene rings is 2. The first kappa shape index (κ1) is 17.1. The molecule has 0 amide bonds. The molecule has 0 aliphatic carbocycles. The Balaban J connectivity index is 2.45. The molecule has 0 aliphatic heterocycles. The van der Waals surface area contributed by atoms with Gasteiger partial charge < -0.3 is 0 Å². The molecular weight excluding hydrogens is 465 g/mol. The fourth-order valence-corrected chi connectivity index (χ4v) is 4.92. The molecule has 8 heteroatoms. The fourth-order valence-electron chi connectivity index (χ4n) is 1.62. The van der Waals surface area contributed by atoms with Gasteiger partial charge in [-0.3, -0.25) is 4.72 Å². The summed E-state index contributed by atoms with van der Waals surface area (Å²) < 4.78 is 28.5. The Morgan fingerprint density at radius 2 is 1.71 bits per heavy atom. The molecule has 0 saturated carbocycles. The molecule has 0 saturated heterocycles. The van der Waals surface area contributed by atoms with Crippen molar-refractivity contribution in [3.8, 4) is 0 Å². The van der Waals surface area contributed by atoms with Gasteiger partial charge in [0.1, 0.15) is 4.90 Å². The van der Waals surface area contributed by atoms with Gasteiger partial charge in [-0.15, -0.1) is 0 Å². The normalized spacial score (nSPS) is 11.5. The highest BCUT2D eigenvalue weighted by Crippen LogP contribution is 2.32. The Kier molecular flexibility index (Phi) is 5.26. The van der Waals surface area contributed by atoms with Gasteiger partial charge in [-0.2, -0.15) is 0 Å². The van der Waals surface area contributed by atoms with Gasteiger partial charge in [0.2, 0.25) is 0 Å². The number of hydrogen-bond acceptors (Lipinski definition) is 2. The second kappa shape index (κ2) is 6.46. The highest BCUT2D eigenvalue weighted by atomic mass is 79.9. The zero-order chi connectivity index (χ0) is 15.8. The smallest absolute Gasteiger partial charge is 0.263 e. The van der Waals surface area contributed by atoms with Gasteiger partial charge in [-0.1, -0.05) is 39.1 Å². The van der Waals surface area contributed by atoms with Crippen LogP contribution in [0.5, 0.6) is 0 Å². The number of anilines is 1. The first-order valence-electron chi connectivity index (χ1n) is 5.64. The minimum atomic E-state index is -3.77. The maximum atomic E-state index is 12.4. The molecule has 0 atom stereocenters. The third kappa shape index (κ3) is 3.93. The highest BCUT2D eigenvalue weighted by Gasteiger charge is 2.19. The first-order chi connectivity index (χ1) is 9.70. The van der Waals surface area contributed by atoms with Crippen molar-refractivity contribution in [3.63, 3.8) is 0 Å². The number of aryl methyl sites for hydroxylation is 1. The first-order valence-corrected chi connectivity index (χ1v) is 9.47. The predicted octanol–water partition coefficient (Wildman–Crippen LogP) is 5.63. The van der Waals surface area contributed by atoms with E-state index in [4.69, 9.17) is 23.2 Å². The predicted molar refractivity (Wildman–Crippen MR) is 93.8 cm³/mol. The van der Waals surface area contributed by atoms with Crippen molar-refractivity contribution in [2.75, 3.05) is 4.72 Å². The lowest BCUT2D eigenvalue weighted by Gasteiger charge is -2.12. The van der Waals surface area contributed by atoms with E-state index in [1.165, 1.54) is 12.1 Å². The summed E-state index contributed by atoms with van der Waals surface area (Å²) in [7, 11) is -3.77.